The molecule has 0 saturated heterocycles. The Balaban J connectivity index is 2.27. The molecule has 0 fully saturated rings. The topological polar surface area (TPSA) is 93.6 Å². The maximum Gasteiger partial charge on any atom is 0.162 e. The molecule has 0 amide bonds. The van der Waals surface area contributed by atoms with Gasteiger partial charge in [0.05, 0.1) is 17.6 Å². The molecule has 136 valence electrons. The lowest BCUT2D eigenvalue weighted by atomic mass is 9.69. The van der Waals surface area contributed by atoms with E-state index in [-0.39, 0.29) is 16.9 Å². The predicted molar refractivity (Wildman–Crippen MR) is 98.2 cm³/mol. The average Bonchev–Trinajstić information content (AvgIpc) is 2.53. The largest absolute Gasteiger partial charge is 0.508 e. The molecule has 0 bridgehead atoms. The Bertz CT molecular complexity index is 857. The first kappa shape index (κ1) is 18.0. The molecule has 2 aliphatic rings. The fourth-order valence-electron chi connectivity index (χ4n) is 3.95. The van der Waals surface area contributed by atoms with E-state index in [1.54, 1.807) is 29.3 Å². The number of hydrogen-bond donors (Lipinski definition) is 2. The second-order valence-corrected chi connectivity index (χ2v) is 7.90. The minimum Gasteiger partial charge on any atom is -0.508 e. The van der Waals surface area contributed by atoms with Crippen molar-refractivity contribution >= 4 is 5.78 Å². The molecule has 1 heterocycles. The number of ketones is 1. The molecule has 6 nitrogen and oxygen atoms in total. The fraction of sp³-hybridized carbons (Fsp3) is 0.400. The number of nitrogens with two attached hydrogens (primary N) is 1. The van der Waals surface area contributed by atoms with E-state index in [0.717, 1.165) is 11.3 Å². The number of benzene rings is 1. The minimum absolute atomic E-state index is 0.0430. The van der Waals surface area contributed by atoms with Crippen LogP contribution in [0.5, 0.6) is 5.75 Å². The van der Waals surface area contributed by atoms with Gasteiger partial charge in [0.15, 0.2) is 5.78 Å². The second kappa shape index (κ2) is 6.19. The van der Waals surface area contributed by atoms with Crippen LogP contribution in [0.4, 0.5) is 0 Å². The van der Waals surface area contributed by atoms with Gasteiger partial charge in [-0.1, -0.05) is 26.0 Å². The summed E-state index contributed by atoms with van der Waals surface area (Å²) >= 11 is 0. The van der Waals surface area contributed by atoms with Crippen LogP contribution in [0.1, 0.15) is 38.2 Å². The maximum absolute atomic E-state index is 13.1. The predicted octanol–water partition coefficient (Wildman–Crippen LogP) is 2.61. The third kappa shape index (κ3) is 2.85. The fourth-order valence-corrected chi connectivity index (χ4v) is 3.95. The molecule has 1 aliphatic carbocycles. The van der Waals surface area contributed by atoms with Gasteiger partial charge in [-0.05, 0) is 29.5 Å². The summed E-state index contributed by atoms with van der Waals surface area (Å²) in [6, 6.07) is 8.83. The summed E-state index contributed by atoms with van der Waals surface area (Å²) in [7, 11) is 3.69. The molecule has 26 heavy (non-hydrogen) atoms. The highest BCUT2D eigenvalue weighted by atomic mass is 16.3. The quantitative estimate of drug-likeness (QED) is 0.850. The summed E-state index contributed by atoms with van der Waals surface area (Å²) in [5.41, 5.74) is 8.83. The monoisotopic (exact) mass is 352 g/mol. The van der Waals surface area contributed by atoms with Gasteiger partial charge in [-0.15, -0.1) is 0 Å². The molecule has 1 unspecified atom stereocenters. The highest BCUT2D eigenvalue weighted by molar-refractivity contribution is 6.00. The van der Waals surface area contributed by atoms with Crippen LogP contribution >= 0.6 is 0 Å². The van der Waals surface area contributed by atoms with E-state index in [4.69, 9.17) is 5.73 Å². The van der Waals surface area contributed by atoms with E-state index in [9.17, 15) is 15.2 Å². The third-order valence-electron chi connectivity index (χ3n) is 4.98. The molecule has 0 spiro atoms. The molecule has 0 saturated carbocycles. The van der Waals surface area contributed by atoms with Crippen LogP contribution in [0.3, 0.4) is 0 Å². The number of carbonyl (C=O) groups is 1. The highest BCUT2D eigenvalue weighted by Gasteiger charge is 2.44. The van der Waals surface area contributed by atoms with Crippen LogP contribution in [0, 0.1) is 16.7 Å². The standard InChI is InChI=1S/C20H24N4O2/c1-20(2)9-15-18(16(26)10-20)17(12-5-7-13(25)8-6-12)14(11-21)19(22)24(15)23(3)4/h5-8,17,25H,9-10,22H2,1-4H3. The Kier molecular flexibility index (Phi) is 4.29. The Morgan fingerprint density at radius 3 is 2.42 bits per heavy atom. The molecule has 0 radical (unpaired) electrons. The summed E-state index contributed by atoms with van der Waals surface area (Å²) < 4.78 is 0. The number of hydrazine groups is 1. The zero-order valence-corrected chi connectivity index (χ0v) is 15.6. The van der Waals surface area contributed by atoms with E-state index in [1.165, 1.54) is 0 Å². The van der Waals surface area contributed by atoms with Crippen LogP contribution < -0.4 is 5.73 Å². The van der Waals surface area contributed by atoms with E-state index in [0.29, 0.717) is 29.8 Å². The number of rotatable bonds is 2. The van der Waals surface area contributed by atoms with Crippen molar-refractivity contribution in [3.63, 3.8) is 0 Å². The van der Waals surface area contributed by atoms with Gasteiger partial charge >= 0.3 is 0 Å². The van der Waals surface area contributed by atoms with Crippen LogP contribution in [0.25, 0.3) is 0 Å². The summed E-state index contributed by atoms with van der Waals surface area (Å²) in [6.07, 6.45) is 1.13. The number of carbonyl (C=O) groups excluding carboxylic acids is 1. The number of aromatic hydroxyl groups is 1. The number of nitriles is 1. The van der Waals surface area contributed by atoms with Gasteiger partial charge in [0, 0.05) is 31.8 Å². The van der Waals surface area contributed by atoms with Gasteiger partial charge < -0.3 is 10.8 Å². The first-order chi connectivity index (χ1) is 12.2. The Morgan fingerprint density at radius 2 is 1.88 bits per heavy atom. The summed E-state index contributed by atoms with van der Waals surface area (Å²) in [5, 5.41) is 23.0. The van der Waals surface area contributed by atoms with E-state index in [1.807, 2.05) is 19.1 Å². The van der Waals surface area contributed by atoms with Crippen molar-refractivity contribution in [3.8, 4) is 11.8 Å². The zero-order chi connectivity index (χ0) is 19.2. The Hall–Kier alpha value is -2.78. The smallest absolute Gasteiger partial charge is 0.162 e. The second-order valence-electron chi connectivity index (χ2n) is 7.90. The number of Topliss-reactive ketones (excluding diaryl/α,β-unsaturated/α-hetero) is 1. The van der Waals surface area contributed by atoms with Crippen molar-refractivity contribution in [2.24, 2.45) is 11.1 Å². The molecular weight excluding hydrogens is 328 g/mol. The van der Waals surface area contributed by atoms with Crippen LogP contribution in [0.15, 0.2) is 46.9 Å². The van der Waals surface area contributed by atoms with Crippen LogP contribution in [0.2, 0.25) is 0 Å². The number of allylic oxidation sites excluding steroid dienone is 3. The first-order valence-electron chi connectivity index (χ1n) is 8.58. The van der Waals surface area contributed by atoms with Crippen molar-refractivity contribution in [2.75, 3.05) is 14.1 Å². The van der Waals surface area contributed by atoms with E-state index < -0.39 is 5.92 Å². The van der Waals surface area contributed by atoms with Crippen LogP contribution in [-0.4, -0.2) is 35.0 Å². The highest BCUT2D eigenvalue weighted by Crippen LogP contribution is 2.49. The van der Waals surface area contributed by atoms with Crippen molar-refractivity contribution in [1.82, 2.24) is 10.0 Å². The van der Waals surface area contributed by atoms with Gasteiger partial charge in [0.2, 0.25) is 0 Å². The molecular formula is C20H24N4O2. The SMILES string of the molecule is CN(C)N1C(N)=C(C#N)C(c2ccc(O)cc2)C2=C1CC(C)(C)CC2=O. The van der Waals surface area contributed by atoms with E-state index >= 15 is 0 Å². The zero-order valence-electron chi connectivity index (χ0n) is 15.6. The molecule has 6 heteroatoms. The molecule has 3 N–H and O–H groups in total. The molecule has 1 atom stereocenters. The summed E-state index contributed by atoms with van der Waals surface area (Å²) in [5.74, 6) is 0.0249. The van der Waals surface area contributed by atoms with Crippen molar-refractivity contribution < 1.29 is 9.90 Å². The molecule has 1 aromatic rings. The normalized spacial score (nSPS) is 22.5. The third-order valence-corrected chi connectivity index (χ3v) is 4.98. The lowest BCUT2D eigenvalue weighted by molar-refractivity contribution is -0.119. The van der Waals surface area contributed by atoms with Gasteiger partial charge in [0.1, 0.15) is 11.6 Å². The van der Waals surface area contributed by atoms with Gasteiger partial charge in [-0.2, -0.15) is 5.26 Å². The molecule has 3 rings (SSSR count). The number of hydrogen-bond acceptors (Lipinski definition) is 6. The molecule has 0 aromatic heterocycles. The lowest BCUT2D eigenvalue weighted by Gasteiger charge is -2.45. The Morgan fingerprint density at radius 1 is 1.27 bits per heavy atom. The number of phenolic OH excluding ortho intramolecular Hbond substituents is 1. The van der Waals surface area contributed by atoms with Gasteiger partial charge in [-0.25, -0.2) is 5.01 Å². The molecule has 1 aliphatic heterocycles. The van der Waals surface area contributed by atoms with Crippen LogP contribution in [-0.2, 0) is 4.79 Å². The van der Waals surface area contributed by atoms with E-state index in [2.05, 4.69) is 19.9 Å². The van der Waals surface area contributed by atoms with Crippen molar-refractivity contribution in [3.05, 3.63) is 52.5 Å². The van der Waals surface area contributed by atoms with Gasteiger partial charge in [-0.3, -0.25) is 9.80 Å². The average molecular weight is 352 g/mol. The Labute approximate surface area is 153 Å². The first-order valence-corrected chi connectivity index (χ1v) is 8.58. The van der Waals surface area contributed by atoms with Gasteiger partial charge in [0.25, 0.3) is 0 Å². The number of phenols is 1. The maximum atomic E-state index is 13.1. The van der Waals surface area contributed by atoms with Crippen molar-refractivity contribution in [1.29, 1.82) is 5.26 Å². The molecule has 1 aromatic carbocycles. The number of nitrogens with zero attached hydrogens (tertiary/aromatic N) is 3. The lowest BCUT2D eigenvalue weighted by Crippen LogP contribution is -2.47. The van der Waals surface area contributed by atoms with Crippen molar-refractivity contribution in [2.45, 2.75) is 32.6 Å². The summed E-state index contributed by atoms with van der Waals surface area (Å²) in [4.78, 5) is 13.1. The minimum atomic E-state index is -0.504. The summed E-state index contributed by atoms with van der Waals surface area (Å²) in [6.45, 7) is 4.13.